The normalized spacial score (nSPS) is 12.2. The van der Waals surface area contributed by atoms with Gasteiger partial charge in [0.1, 0.15) is 18.4 Å². The molecule has 0 aliphatic heterocycles. The van der Waals surface area contributed by atoms with Crippen molar-refractivity contribution in [2.75, 3.05) is 17.4 Å². The lowest BCUT2D eigenvalue weighted by Crippen LogP contribution is -2.51. The minimum atomic E-state index is -4.22. The number of nitrogens with zero attached hydrogens (tertiary/aromatic N) is 2. The molecule has 0 saturated carbocycles. The Morgan fingerprint density at radius 1 is 0.949 bits per heavy atom. The monoisotopic (exact) mass is 573 g/mol. The maximum absolute atomic E-state index is 14.6. The summed E-state index contributed by atoms with van der Waals surface area (Å²) in [5, 5.41) is 3.17. The van der Waals surface area contributed by atoms with Crippen LogP contribution < -0.4 is 9.62 Å². The highest BCUT2D eigenvalue weighted by molar-refractivity contribution is 7.92. The predicted molar refractivity (Wildman–Crippen MR) is 151 cm³/mol. The van der Waals surface area contributed by atoms with Crippen LogP contribution in [-0.4, -0.2) is 44.3 Å². The van der Waals surface area contributed by atoms with Gasteiger partial charge < -0.3 is 10.2 Å². The Morgan fingerprint density at radius 2 is 1.56 bits per heavy atom. The first-order valence-corrected chi connectivity index (χ1v) is 14.4. The number of hydrogen-bond donors (Lipinski definition) is 1. The van der Waals surface area contributed by atoms with Gasteiger partial charge in [-0.3, -0.25) is 13.9 Å². The molecule has 10 heteroatoms. The standard InChI is InChI=1S/C29H33ClFN3O4S/c1-20(2)17-32-29(36)22(4)33(18-23-10-6-7-11-26(23)31)28(35)19-34(27-12-8-5-9-21(27)3)39(37,38)25-15-13-24(30)14-16-25/h5-16,20,22H,17-19H2,1-4H3,(H,32,36). The lowest BCUT2D eigenvalue weighted by molar-refractivity contribution is -0.139. The largest absolute Gasteiger partial charge is 0.354 e. The number of nitrogens with one attached hydrogen (secondary N) is 1. The average Bonchev–Trinajstić information content (AvgIpc) is 2.90. The topological polar surface area (TPSA) is 86.8 Å². The van der Waals surface area contributed by atoms with Crippen LogP contribution in [-0.2, 0) is 26.2 Å². The van der Waals surface area contributed by atoms with Crippen LogP contribution in [0.5, 0.6) is 0 Å². The molecule has 0 radical (unpaired) electrons. The highest BCUT2D eigenvalue weighted by atomic mass is 35.5. The fourth-order valence-corrected chi connectivity index (χ4v) is 5.54. The number of benzene rings is 3. The van der Waals surface area contributed by atoms with Crippen molar-refractivity contribution in [2.45, 2.75) is 45.2 Å². The molecule has 0 saturated heterocycles. The molecule has 0 aliphatic rings. The van der Waals surface area contributed by atoms with Crippen molar-refractivity contribution in [3.05, 3.63) is 94.8 Å². The number of anilines is 1. The summed E-state index contributed by atoms with van der Waals surface area (Å²) >= 11 is 5.97. The second-order valence-corrected chi connectivity index (χ2v) is 12.0. The molecule has 1 atom stereocenters. The number of carbonyl (C=O) groups excluding carboxylic acids is 2. The van der Waals surface area contributed by atoms with Gasteiger partial charge in [0.25, 0.3) is 10.0 Å². The minimum Gasteiger partial charge on any atom is -0.354 e. The zero-order valence-corrected chi connectivity index (χ0v) is 24.0. The molecule has 7 nitrogen and oxygen atoms in total. The molecular weight excluding hydrogens is 541 g/mol. The third kappa shape index (κ3) is 7.58. The van der Waals surface area contributed by atoms with Crippen LogP contribution in [0, 0.1) is 18.7 Å². The third-order valence-electron chi connectivity index (χ3n) is 6.22. The average molecular weight is 574 g/mol. The fraction of sp³-hybridized carbons (Fsp3) is 0.310. The summed E-state index contributed by atoms with van der Waals surface area (Å²) < 4.78 is 43.3. The molecule has 0 aromatic heterocycles. The molecule has 0 fully saturated rings. The maximum atomic E-state index is 14.6. The van der Waals surface area contributed by atoms with Gasteiger partial charge in [0, 0.05) is 23.7 Å². The molecule has 0 bridgehead atoms. The first-order valence-electron chi connectivity index (χ1n) is 12.6. The van der Waals surface area contributed by atoms with E-state index in [2.05, 4.69) is 5.32 Å². The van der Waals surface area contributed by atoms with Gasteiger partial charge in [-0.25, -0.2) is 12.8 Å². The smallest absolute Gasteiger partial charge is 0.264 e. The van der Waals surface area contributed by atoms with Gasteiger partial charge in [0.05, 0.1) is 10.6 Å². The van der Waals surface area contributed by atoms with E-state index in [4.69, 9.17) is 11.6 Å². The summed E-state index contributed by atoms with van der Waals surface area (Å²) in [5.74, 6) is -1.43. The second-order valence-electron chi connectivity index (χ2n) is 9.68. The van der Waals surface area contributed by atoms with E-state index in [-0.39, 0.29) is 22.9 Å². The summed E-state index contributed by atoms with van der Waals surface area (Å²) in [4.78, 5) is 28.0. The molecule has 208 valence electrons. The fourth-order valence-electron chi connectivity index (χ4n) is 3.94. The van der Waals surface area contributed by atoms with Gasteiger partial charge in [0.15, 0.2) is 0 Å². The SMILES string of the molecule is Cc1ccccc1N(CC(=O)N(Cc1ccccc1F)C(C)C(=O)NCC(C)C)S(=O)(=O)c1ccc(Cl)cc1. The summed E-state index contributed by atoms with van der Waals surface area (Å²) in [6.07, 6.45) is 0. The molecule has 3 rings (SSSR count). The Bertz CT molecular complexity index is 1410. The zero-order chi connectivity index (χ0) is 28.7. The van der Waals surface area contributed by atoms with E-state index in [0.29, 0.717) is 22.8 Å². The highest BCUT2D eigenvalue weighted by Gasteiger charge is 2.33. The first-order chi connectivity index (χ1) is 18.4. The maximum Gasteiger partial charge on any atom is 0.264 e. The number of rotatable bonds is 11. The van der Waals surface area contributed by atoms with Crippen LogP contribution in [0.4, 0.5) is 10.1 Å². The van der Waals surface area contributed by atoms with Crippen molar-refractivity contribution in [3.8, 4) is 0 Å². The van der Waals surface area contributed by atoms with E-state index in [0.717, 1.165) is 4.31 Å². The first kappa shape index (κ1) is 30.1. The molecule has 2 amide bonds. The summed E-state index contributed by atoms with van der Waals surface area (Å²) in [6, 6.07) is 17.4. The van der Waals surface area contributed by atoms with Gasteiger partial charge in [-0.1, -0.05) is 61.8 Å². The summed E-state index contributed by atoms with van der Waals surface area (Å²) in [6.45, 7) is 6.73. The number of hydrogen-bond acceptors (Lipinski definition) is 4. The lowest BCUT2D eigenvalue weighted by atomic mass is 10.1. The Hall–Kier alpha value is -3.43. The zero-order valence-electron chi connectivity index (χ0n) is 22.4. The number of amides is 2. The van der Waals surface area contributed by atoms with Crippen LogP contribution in [0.1, 0.15) is 31.9 Å². The number of sulfonamides is 1. The van der Waals surface area contributed by atoms with Crippen molar-refractivity contribution < 1.29 is 22.4 Å². The van der Waals surface area contributed by atoms with E-state index in [9.17, 15) is 22.4 Å². The highest BCUT2D eigenvalue weighted by Crippen LogP contribution is 2.28. The van der Waals surface area contributed by atoms with E-state index < -0.39 is 40.2 Å². The van der Waals surface area contributed by atoms with Gasteiger partial charge in [-0.15, -0.1) is 0 Å². The Labute approximate surface area is 234 Å². The lowest BCUT2D eigenvalue weighted by Gasteiger charge is -2.32. The molecule has 1 N–H and O–H groups in total. The second kappa shape index (κ2) is 13.1. The van der Waals surface area contributed by atoms with E-state index >= 15 is 0 Å². The number of carbonyl (C=O) groups is 2. The summed E-state index contributed by atoms with van der Waals surface area (Å²) in [7, 11) is -4.22. The molecule has 1 unspecified atom stereocenters. The molecule has 3 aromatic rings. The van der Waals surface area contributed by atoms with Gasteiger partial charge in [-0.05, 0) is 61.7 Å². The quantitative estimate of drug-likeness (QED) is 0.343. The molecule has 3 aromatic carbocycles. The Balaban J connectivity index is 2.03. The van der Waals surface area contributed by atoms with Gasteiger partial charge in [-0.2, -0.15) is 0 Å². The van der Waals surface area contributed by atoms with Crippen molar-refractivity contribution in [1.82, 2.24) is 10.2 Å². The number of halogens is 2. The molecular formula is C29H33ClFN3O4S. The number of aryl methyl sites for hydroxylation is 1. The van der Waals surface area contributed by atoms with Gasteiger partial charge >= 0.3 is 0 Å². The van der Waals surface area contributed by atoms with Crippen molar-refractivity contribution in [1.29, 1.82) is 0 Å². The molecule has 0 heterocycles. The predicted octanol–water partition coefficient (Wildman–Crippen LogP) is 5.17. The Morgan fingerprint density at radius 3 is 2.18 bits per heavy atom. The van der Waals surface area contributed by atoms with E-state index in [1.807, 2.05) is 13.8 Å². The van der Waals surface area contributed by atoms with Crippen molar-refractivity contribution >= 4 is 39.1 Å². The van der Waals surface area contributed by atoms with Crippen LogP contribution in [0.3, 0.4) is 0 Å². The molecule has 0 aliphatic carbocycles. The van der Waals surface area contributed by atoms with Crippen molar-refractivity contribution in [3.63, 3.8) is 0 Å². The summed E-state index contributed by atoms with van der Waals surface area (Å²) in [5.41, 5.74) is 1.15. The van der Waals surface area contributed by atoms with Gasteiger partial charge in [0.2, 0.25) is 11.8 Å². The third-order valence-corrected chi connectivity index (χ3v) is 8.24. The van der Waals surface area contributed by atoms with E-state index in [1.54, 1.807) is 44.2 Å². The number of para-hydroxylation sites is 1. The van der Waals surface area contributed by atoms with Crippen LogP contribution in [0.2, 0.25) is 5.02 Å². The Kier molecular flexibility index (Phi) is 10.1. The minimum absolute atomic E-state index is 0.0497. The van der Waals surface area contributed by atoms with Crippen molar-refractivity contribution in [2.24, 2.45) is 5.92 Å². The van der Waals surface area contributed by atoms with Crippen LogP contribution in [0.15, 0.2) is 77.7 Å². The molecule has 0 spiro atoms. The van der Waals surface area contributed by atoms with E-state index in [1.165, 1.54) is 47.4 Å². The van der Waals surface area contributed by atoms with Crippen LogP contribution in [0.25, 0.3) is 0 Å². The molecule has 39 heavy (non-hydrogen) atoms. The van der Waals surface area contributed by atoms with Crippen LogP contribution >= 0.6 is 11.6 Å².